The van der Waals surface area contributed by atoms with E-state index in [-0.39, 0.29) is 24.0 Å². The van der Waals surface area contributed by atoms with E-state index in [1.807, 2.05) is 0 Å². The summed E-state index contributed by atoms with van der Waals surface area (Å²) in [5.74, 6) is -2.22. The molecular weight excluding hydrogens is 420 g/mol. The Morgan fingerprint density at radius 3 is 2.25 bits per heavy atom. The highest BCUT2D eigenvalue weighted by atomic mass is 19.1. The standard InChI is InChI=1S/C23H29F2N3O4/c1-15-5-7-23(8-6-15)28(21(30)18-4-3-17(24)13-19(18)25)20(14-32-23)22(31)27-11-9-26(10-12-27)16(2)29/h3-4,13,15,20H,5-12,14H2,1-2H3/t15?,20-,23?/m0/s1. The molecule has 2 saturated heterocycles. The number of piperazine rings is 1. The molecule has 1 aromatic carbocycles. The highest BCUT2D eigenvalue weighted by molar-refractivity contribution is 5.98. The lowest BCUT2D eigenvalue weighted by Crippen LogP contribution is -2.59. The number of amides is 3. The SMILES string of the molecule is CC(=O)N1CCN(C(=O)[C@@H]2COC3(CCC(C)CC3)N2C(=O)c2ccc(F)cc2F)CC1. The number of carbonyl (C=O) groups excluding carboxylic acids is 3. The molecule has 0 bridgehead atoms. The van der Waals surface area contributed by atoms with E-state index >= 15 is 0 Å². The number of rotatable bonds is 2. The quantitative estimate of drug-likeness (QED) is 0.695. The average Bonchev–Trinajstić information content (AvgIpc) is 3.14. The Morgan fingerprint density at radius 1 is 1.03 bits per heavy atom. The van der Waals surface area contributed by atoms with Crippen molar-refractivity contribution in [3.8, 4) is 0 Å². The van der Waals surface area contributed by atoms with Crippen LogP contribution in [0.4, 0.5) is 8.78 Å². The van der Waals surface area contributed by atoms with Gasteiger partial charge in [-0.1, -0.05) is 6.92 Å². The molecule has 3 aliphatic rings. The summed E-state index contributed by atoms with van der Waals surface area (Å²) in [5.41, 5.74) is -1.24. The number of hydrogen-bond acceptors (Lipinski definition) is 4. The molecule has 4 rings (SSSR count). The third-order valence-electron chi connectivity index (χ3n) is 7.02. The maximum Gasteiger partial charge on any atom is 0.259 e. The Hall–Kier alpha value is -2.55. The van der Waals surface area contributed by atoms with Gasteiger partial charge in [-0.05, 0) is 43.7 Å². The van der Waals surface area contributed by atoms with Gasteiger partial charge in [-0.3, -0.25) is 19.3 Å². The minimum absolute atomic E-state index is 0.0364. The molecule has 174 valence electrons. The summed E-state index contributed by atoms with van der Waals surface area (Å²) in [6.45, 7) is 5.25. The van der Waals surface area contributed by atoms with Gasteiger partial charge < -0.3 is 14.5 Å². The molecule has 1 saturated carbocycles. The largest absolute Gasteiger partial charge is 0.353 e. The number of carbonyl (C=O) groups is 3. The fourth-order valence-electron chi connectivity index (χ4n) is 5.01. The van der Waals surface area contributed by atoms with Gasteiger partial charge in [0, 0.05) is 39.2 Å². The van der Waals surface area contributed by atoms with Crippen LogP contribution in [0.15, 0.2) is 18.2 Å². The summed E-state index contributed by atoms with van der Waals surface area (Å²) in [4.78, 5) is 43.3. The highest BCUT2D eigenvalue weighted by Gasteiger charge is 2.54. The van der Waals surface area contributed by atoms with Crippen LogP contribution in [-0.4, -0.2) is 77.0 Å². The Bertz CT molecular complexity index is 909. The third-order valence-corrected chi connectivity index (χ3v) is 7.02. The van der Waals surface area contributed by atoms with E-state index in [1.54, 1.807) is 9.80 Å². The van der Waals surface area contributed by atoms with Crippen LogP contribution in [0.1, 0.15) is 49.9 Å². The zero-order valence-electron chi connectivity index (χ0n) is 18.5. The first-order valence-corrected chi connectivity index (χ1v) is 11.2. The smallest absolute Gasteiger partial charge is 0.259 e. The van der Waals surface area contributed by atoms with E-state index in [4.69, 9.17) is 4.74 Å². The van der Waals surface area contributed by atoms with Crippen molar-refractivity contribution >= 4 is 17.7 Å². The van der Waals surface area contributed by atoms with E-state index in [9.17, 15) is 23.2 Å². The molecule has 1 aromatic rings. The van der Waals surface area contributed by atoms with Crippen molar-refractivity contribution in [3.63, 3.8) is 0 Å². The van der Waals surface area contributed by atoms with Gasteiger partial charge in [0.15, 0.2) is 0 Å². The minimum Gasteiger partial charge on any atom is -0.353 e. The molecule has 2 aliphatic heterocycles. The van der Waals surface area contributed by atoms with Gasteiger partial charge in [0.2, 0.25) is 11.8 Å². The fourth-order valence-corrected chi connectivity index (χ4v) is 5.01. The van der Waals surface area contributed by atoms with E-state index in [0.717, 1.165) is 25.0 Å². The van der Waals surface area contributed by atoms with Crippen molar-refractivity contribution in [2.45, 2.75) is 51.3 Å². The lowest BCUT2D eigenvalue weighted by molar-refractivity contribution is -0.142. The lowest BCUT2D eigenvalue weighted by Gasteiger charge is -2.44. The first-order chi connectivity index (χ1) is 15.2. The molecule has 32 heavy (non-hydrogen) atoms. The number of halogens is 2. The first kappa shape index (κ1) is 22.6. The van der Waals surface area contributed by atoms with Gasteiger partial charge in [-0.2, -0.15) is 0 Å². The number of ether oxygens (including phenoxy) is 1. The molecule has 0 N–H and O–H groups in total. The van der Waals surface area contributed by atoms with Gasteiger partial charge in [0.05, 0.1) is 12.2 Å². The zero-order valence-corrected chi connectivity index (χ0v) is 18.5. The molecule has 9 heteroatoms. The van der Waals surface area contributed by atoms with Crippen LogP contribution in [0.3, 0.4) is 0 Å². The molecule has 0 unspecified atom stereocenters. The van der Waals surface area contributed by atoms with Crippen molar-refractivity contribution in [2.75, 3.05) is 32.8 Å². The average molecular weight is 449 g/mol. The summed E-state index contributed by atoms with van der Waals surface area (Å²) < 4.78 is 34.1. The Balaban J connectivity index is 1.62. The van der Waals surface area contributed by atoms with Crippen molar-refractivity contribution < 1.29 is 27.9 Å². The Morgan fingerprint density at radius 2 is 1.66 bits per heavy atom. The third kappa shape index (κ3) is 4.10. The number of nitrogens with zero attached hydrogens (tertiary/aromatic N) is 3. The predicted octanol–water partition coefficient (Wildman–Crippen LogP) is 2.40. The van der Waals surface area contributed by atoms with Gasteiger partial charge in [0.25, 0.3) is 5.91 Å². The first-order valence-electron chi connectivity index (χ1n) is 11.2. The fraction of sp³-hybridized carbons (Fsp3) is 0.609. The molecule has 1 aliphatic carbocycles. The maximum atomic E-state index is 14.5. The summed E-state index contributed by atoms with van der Waals surface area (Å²) in [6.07, 6.45) is 2.77. The second-order valence-corrected chi connectivity index (χ2v) is 9.09. The van der Waals surface area contributed by atoms with Crippen LogP contribution >= 0.6 is 0 Å². The topological polar surface area (TPSA) is 70.2 Å². The van der Waals surface area contributed by atoms with E-state index < -0.39 is 29.3 Å². The van der Waals surface area contributed by atoms with Gasteiger partial charge in [-0.15, -0.1) is 0 Å². The Labute approximate surface area is 186 Å². The molecule has 1 atom stereocenters. The zero-order chi connectivity index (χ0) is 23.0. The molecule has 3 amide bonds. The summed E-state index contributed by atoms with van der Waals surface area (Å²) in [6, 6.07) is 1.96. The monoisotopic (exact) mass is 449 g/mol. The predicted molar refractivity (Wildman–Crippen MR) is 111 cm³/mol. The van der Waals surface area contributed by atoms with Crippen molar-refractivity contribution in [1.82, 2.24) is 14.7 Å². The van der Waals surface area contributed by atoms with Gasteiger partial charge in [0.1, 0.15) is 23.4 Å². The summed E-state index contributed by atoms with van der Waals surface area (Å²) in [7, 11) is 0. The second kappa shape index (κ2) is 8.77. The molecule has 0 aromatic heterocycles. The number of benzene rings is 1. The van der Waals surface area contributed by atoms with Crippen molar-refractivity contribution in [1.29, 1.82) is 0 Å². The Kier molecular flexibility index (Phi) is 6.20. The van der Waals surface area contributed by atoms with Crippen LogP contribution in [0.25, 0.3) is 0 Å². The van der Waals surface area contributed by atoms with Gasteiger partial charge >= 0.3 is 0 Å². The van der Waals surface area contributed by atoms with Crippen molar-refractivity contribution in [2.24, 2.45) is 5.92 Å². The highest BCUT2D eigenvalue weighted by Crippen LogP contribution is 2.43. The maximum absolute atomic E-state index is 14.5. The van der Waals surface area contributed by atoms with E-state index in [2.05, 4.69) is 6.92 Å². The molecule has 0 radical (unpaired) electrons. The lowest BCUT2D eigenvalue weighted by atomic mass is 9.83. The van der Waals surface area contributed by atoms with Crippen LogP contribution in [0.2, 0.25) is 0 Å². The van der Waals surface area contributed by atoms with E-state index in [1.165, 1.54) is 11.8 Å². The molecule has 3 fully saturated rings. The summed E-state index contributed by atoms with van der Waals surface area (Å²) in [5, 5.41) is 0. The van der Waals surface area contributed by atoms with Crippen LogP contribution < -0.4 is 0 Å². The number of hydrogen-bond donors (Lipinski definition) is 0. The molecular formula is C23H29F2N3O4. The normalized spacial score (nSPS) is 28.3. The molecule has 1 spiro atoms. The minimum atomic E-state index is -0.966. The second-order valence-electron chi connectivity index (χ2n) is 9.09. The summed E-state index contributed by atoms with van der Waals surface area (Å²) >= 11 is 0. The van der Waals surface area contributed by atoms with Crippen molar-refractivity contribution in [3.05, 3.63) is 35.4 Å². The van der Waals surface area contributed by atoms with Gasteiger partial charge in [-0.25, -0.2) is 8.78 Å². The van der Waals surface area contributed by atoms with E-state index in [0.29, 0.717) is 51.0 Å². The molecule has 7 nitrogen and oxygen atoms in total. The van der Waals surface area contributed by atoms with Crippen LogP contribution in [0.5, 0.6) is 0 Å². The van der Waals surface area contributed by atoms with Crippen LogP contribution in [-0.2, 0) is 14.3 Å². The van der Waals surface area contributed by atoms with Crippen LogP contribution in [0, 0.1) is 17.6 Å². The molecule has 2 heterocycles.